The maximum absolute atomic E-state index is 14.7. The number of anilines is 3. The molecule has 1 unspecified atom stereocenters. The third kappa shape index (κ3) is 5.40. The summed E-state index contributed by atoms with van der Waals surface area (Å²) in [6.45, 7) is 3.74. The Balaban J connectivity index is 1.65. The van der Waals surface area contributed by atoms with Crippen molar-refractivity contribution in [2.75, 3.05) is 42.7 Å². The lowest BCUT2D eigenvalue weighted by Gasteiger charge is -2.23. The molecule has 0 bridgehead atoms. The predicted molar refractivity (Wildman–Crippen MR) is 122 cm³/mol. The minimum absolute atomic E-state index is 0.0415. The van der Waals surface area contributed by atoms with Crippen LogP contribution in [-0.4, -0.2) is 54.8 Å². The van der Waals surface area contributed by atoms with Crippen molar-refractivity contribution < 1.29 is 23.8 Å². The van der Waals surface area contributed by atoms with Crippen molar-refractivity contribution in [2.45, 2.75) is 32.2 Å². The molecule has 1 atom stereocenters. The Labute approximate surface area is 186 Å². The van der Waals surface area contributed by atoms with Crippen LogP contribution in [0.15, 0.2) is 36.4 Å². The molecule has 8 nitrogen and oxygen atoms in total. The quantitative estimate of drug-likeness (QED) is 0.419. The van der Waals surface area contributed by atoms with Gasteiger partial charge in [-0.25, -0.2) is 9.18 Å². The van der Waals surface area contributed by atoms with Crippen LogP contribution >= 0.6 is 0 Å². The van der Waals surface area contributed by atoms with Crippen molar-refractivity contribution in [2.24, 2.45) is 0 Å². The van der Waals surface area contributed by atoms with Crippen molar-refractivity contribution >= 4 is 29.1 Å². The zero-order chi connectivity index (χ0) is 23.3. The van der Waals surface area contributed by atoms with Crippen molar-refractivity contribution in [3.8, 4) is 5.75 Å². The van der Waals surface area contributed by atoms with Crippen LogP contribution in [-0.2, 0) is 0 Å². The molecule has 2 aromatic rings. The summed E-state index contributed by atoms with van der Waals surface area (Å²) >= 11 is 0. The zero-order valence-corrected chi connectivity index (χ0v) is 18.3. The Hall–Kier alpha value is -3.49. The number of carbonyl (C=O) groups is 2. The summed E-state index contributed by atoms with van der Waals surface area (Å²) in [5, 5.41) is 11.7. The average molecular weight is 445 g/mol. The molecule has 172 valence electrons. The number of likely N-dealkylation sites (N-methyl/N-ethyl adjacent to an activating group) is 1. The van der Waals surface area contributed by atoms with Crippen LogP contribution in [0.4, 0.5) is 26.2 Å². The summed E-state index contributed by atoms with van der Waals surface area (Å²) in [6.07, 6.45) is 1.62. The van der Waals surface area contributed by atoms with Gasteiger partial charge in [0.15, 0.2) is 0 Å². The molecule has 0 spiro atoms. The normalized spacial score (nSPS) is 15.5. The van der Waals surface area contributed by atoms with Crippen LogP contribution < -0.4 is 20.7 Å². The standard InChI is InChI=1S/C23H29FN4O4/c1-3-4-11-32-17-6-7-18(20(25)13-17)22(29)26-21-8-5-15(12-19(21)24)28-10-9-16(14-28)27(2)23(30)31/h5-8,12-13,16H,3-4,9-11,14,25H2,1-2H3,(H,26,29)(H,30,31). The molecular formula is C23H29FN4O4. The van der Waals surface area contributed by atoms with Crippen LogP contribution in [0.25, 0.3) is 0 Å². The fourth-order valence-corrected chi connectivity index (χ4v) is 3.61. The number of nitrogens with one attached hydrogen (secondary N) is 1. The second-order valence-corrected chi connectivity index (χ2v) is 7.85. The number of nitrogens with two attached hydrogens (primary N) is 1. The Bertz CT molecular complexity index is 984. The first kappa shape index (κ1) is 23.2. The number of amides is 2. The van der Waals surface area contributed by atoms with Crippen LogP contribution in [0.5, 0.6) is 5.75 Å². The molecule has 9 heteroatoms. The van der Waals surface area contributed by atoms with E-state index < -0.39 is 17.8 Å². The molecule has 0 aliphatic carbocycles. The van der Waals surface area contributed by atoms with Crippen LogP contribution in [0.1, 0.15) is 36.5 Å². The van der Waals surface area contributed by atoms with Crippen LogP contribution in [0, 0.1) is 5.82 Å². The third-order valence-electron chi connectivity index (χ3n) is 5.61. The first-order valence-corrected chi connectivity index (χ1v) is 10.6. The van der Waals surface area contributed by atoms with E-state index in [4.69, 9.17) is 15.6 Å². The van der Waals surface area contributed by atoms with E-state index in [0.29, 0.717) is 37.6 Å². The molecular weight excluding hydrogens is 415 g/mol. The largest absolute Gasteiger partial charge is 0.494 e. The smallest absolute Gasteiger partial charge is 0.407 e. The van der Waals surface area contributed by atoms with Gasteiger partial charge in [-0.2, -0.15) is 0 Å². The van der Waals surface area contributed by atoms with Crippen molar-refractivity contribution in [1.29, 1.82) is 0 Å². The van der Waals surface area contributed by atoms with Crippen molar-refractivity contribution in [3.05, 3.63) is 47.8 Å². The molecule has 1 aliphatic heterocycles. The molecule has 1 saturated heterocycles. The SMILES string of the molecule is CCCCOc1ccc(C(=O)Nc2ccc(N3CCC(N(C)C(=O)O)C3)cc2F)c(N)c1. The highest BCUT2D eigenvalue weighted by molar-refractivity contribution is 6.08. The van der Waals surface area contributed by atoms with Gasteiger partial charge in [0.25, 0.3) is 5.91 Å². The second-order valence-electron chi connectivity index (χ2n) is 7.85. The minimum Gasteiger partial charge on any atom is -0.494 e. The van der Waals surface area contributed by atoms with Gasteiger partial charge >= 0.3 is 6.09 Å². The fourth-order valence-electron chi connectivity index (χ4n) is 3.61. The second kappa shape index (κ2) is 10.2. The third-order valence-corrected chi connectivity index (χ3v) is 5.61. The number of carbonyl (C=O) groups excluding carboxylic acids is 1. The molecule has 0 saturated carbocycles. The Morgan fingerprint density at radius 1 is 1.31 bits per heavy atom. The molecule has 4 N–H and O–H groups in total. The molecule has 1 fully saturated rings. The number of unbranched alkanes of at least 4 members (excludes halogenated alkanes) is 1. The molecule has 32 heavy (non-hydrogen) atoms. The van der Waals surface area contributed by atoms with Gasteiger partial charge in [0.2, 0.25) is 0 Å². The highest BCUT2D eigenvalue weighted by Crippen LogP contribution is 2.27. The minimum atomic E-state index is -0.985. The lowest BCUT2D eigenvalue weighted by atomic mass is 10.1. The summed E-state index contributed by atoms with van der Waals surface area (Å²) in [4.78, 5) is 27.0. The maximum Gasteiger partial charge on any atom is 0.407 e. The Morgan fingerprint density at radius 3 is 2.75 bits per heavy atom. The topological polar surface area (TPSA) is 108 Å². The number of hydrogen-bond donors (Lipinski definition) is 3. The van der Waals surface area contributed by atoms with E-state index in [-0.39, 0.29) is 23.0 Å². The van der Waals surface area contributed by atoms with Gasteiger partial charge in [-0.1, -0.05) is 13.3 Å². The number of nitrogen functional groups attached to an aromatic ring is 1. The average Bonchev–Trinajstić information content (AvgIpc) is 3.25. The lowest BCUT2D eigenvalue weighted by molar-refractivity contribution is 0.102. The summed E-state index contributed by atoms with van der Waals surface area (Å²) in [6, 6.07) is 9.20. The van der Waals surface area contributed by atoms with Crippen molar-refractivity contribution in [3.63, 3.8) is 0 Å². The van der Waals surface area contributed by atoms with Gasteiger partial charge in [0.05, 0.1) is 23.9 Å². The number of rotatable bonds is 8. The van der Waals surface area contributed by atoms with Crippen LogP contribution in [0.3, 0.4) is 0 Å². The summed E-state index contributed by atoms with van der Waals surface area (Å²) in [5.41, 5.74) is 7.15. The number of ether oxygens (including phenoxy) is 1. The number of hydrogen-bond acceptors (Lipinski definition) is 5. The molecule has 2 amide bonds. The fraction of sp³-hybridized carbons (Fsp3) is 0.391. The number of benzene rings is 2. The molecule has 0 radical (unpaired) electrons. The van der Waals surface area contributed by atoms with Gasteiger partial charge in [0, 0.05) is 37.6 Å². The summed E-state index contributed by atoms with van der Waals surface area (Å²) in [5.74, 6) is -0.511. The first-order valence-electron chi connectivity index (χ1n) is 10.6. The molecule has 1 aliphatic rings. The molecule has 3 rings (SSSR count). The monoisotopic (exact) mass is 444 g/mol. The van der Waals surface area contributed by atoms with E-state index in [1.165, 1.54) is 24.1 Å². The van der Waals surface area contributed by atoms with Gasteiger partial charge in [0.1, 0.15) is 11.6 Å². The van der Waals surface area contributed by atoms with Gasteiger partial charge in [-0.3, -0.25) is 4.79 Å². The molecule has 2 aromatic carbocycles. The molecule has 0 aromatic heterocycles. The van der Waals surface area contributed by atoms with Crippen molar-refractivity contribution in [1.82, 2.24) is 4.90 Å². The van der Waals surface area contributed by atoms with E-state index in [1.54, 1.807) is 24.3 Å². The number of halogens is 1. The number of carboxylic acid groups (broad SMARTS) is 1. The van der Waals surface area contributed by atoms with E-state index >= 15 is 0 Å². The summed E-state index contributed by atoms with van der Waals surface area (Å²) < 4.78 is 20.3. The van der Waals surface area contributed by atoms with Crippen LogP contribution in [0.2, 0.25) is 0 Å². The van der Waals surface area contributed by atoms with E-state index in [1.807, 2.05) is 4.90 Å². The first-order chi connectivity index (χ1) is 15.3. The predicted octanol–water partition coefficient (Wildman–Crippen LogP) is 4.03. The highest BCUT2D eigenvalue weighted by atomic mass is 19.1. The lowest BCUT2D eigenvalue weighted by Crippen LogP contribution is -2.38. The van der Waals surface area contributed by atoms with Gasteiger partial charge in [-0.05, 0) is 43.2 Å². The molecule has 1 heterocycles. The van der Waals surface area contributed by atoms with E-state index in [0.717, 1.165) is 12.8 Å². The van der Waals surface area contributed by atoms with E-state index in [2.05, 4.69) is 12.2 Å². The van der Waals surface area contributed by atoms with Gasteiger partial charge < -0.3 is 30.7 Å². The van der Waals surface area contributed by atoms with E-state index in [9.17, 15) is 14.0 Å². The number of nitrogens with zero attached hydrogens (tertiary/aromatic N) is 2. The summed E-state index contributed by atoms with van der Waals surface area (Å²) in [7, 11) is 1.53. The Kier molecular flexibility index (Phi) is 7.40. The Morgan fingerprint density at radius 2 is 2.09 bits per heavy atom. The zero-order valence-electron chi connectivity index (χ0n) is 18.3. The highest BCUT2D eigenvalue weighted by Gasteiger charge is 2.28. The maximum atomic E-state index is 14.7. The van der Waals surface area contributed by atoms with Gasteiger partial charge in [-0.15, -0.1) is 0 Å².